The monoisotopic (exact) mass is 322 g/mol. The molecule has 0 aromatic heterocycles. The quantitative estimate of drug-likeness (QED) is 0.665. The van der Waals surface area contributed by atoms with Gasteiger partial charge in [0.25, 0.3) is 5.69 Å². The van der Waals surface area contributed by atoms with E-state index in [-0.39, 0.29) is 11.4 Å². The average molecular weight is 323 g/mol. The van der Waals surface area contributed by atoms with Gasteiger partial charge in [-0.15, -0.1) is 0 Å². The van der Waals surface area contributed by atoms with E-state index in [0.717, 1.165) is 10.0 Å². The largest absolute Gasteiger partial charge is 0.508 e. The molecule has 0 amide bonds. The average Bonchev–Trinajstić information content (AvgIpc) is 2.37. The van der Waals surface area contributed by atoms with Crippen molar-refractivity contribution in [3.05, 3.63) is 62.6 Å². The minimum absolute atomic E-state index is 0.0293. The fourth-order valence-electron chi connectivity index (χ4n) is 1.63. The maximum Gasteiger partial charge on any atom is 0.271 e. The molecule has 0 atom stereocenters. The summed E-state index contributed by atoms with van der Waals surface area (Å²) in [5.41, 5.74) is 1.55. The van der Waals surface area contributed by atoms with E-state index < -0.39 is 4.92 Å². The molecule has 2 aromatic carbocycles. The van der Waals surface area contributed by atoms with Gasteiger partial charge in [0.15, 0.2) is 0 Å². The molecule has 2 rings (SSSR count). The van der Waals surface area contributed by atoms with E-state index in [1.807, 2.05) is 6.07 Å². The number of nitrogens with one attached hydrogen (secondary N) is 1. The zero-order valence-electron chi connectivity index (χ0n) is 9.84. The second-order valence-electron chi connectivity index (χ2n) is 3.94. The summed E-state index contributed by atoms with van der Waals surface area (Å²) >= 11 is 3.33. The van der Waals surface area contributed by atoms with Gasteiger partial charge in [-0.25, -0.2) is 0 Å². The van der Waals surface area contributed by atoms with E-state index in [1.165, 1.54) is 12.1 Å². The first-order valence-electron chi connectivity index (χ1n) is 5.52. The normalized spacial score (nSPS) is 10.2. The third kappa shape index (κ3) is 3.45. The Labute approximate surface area is 118 Å². The van der Waals surface area contributed by atoms with Gasteiger partial charge >= 0.3 is 0 Å². The van der Waals surface area contributed by atoms with Crippen LogP contribution in [0.4, 0.5) is 11.4 Å². The summed E-state index contributed by atoms with van der Waals surface area (Å²) in [6, 6.07) is 11.4. The molecule has 0 spiro atoms. The summed E-state index contributed by atoms with van der Waals surface area (Å²) in [5, 5.41) is 23.2. The van der Waals surface area contributed by atoms with E-state index in [9.17, 15) is 15.2 Å². The van der Waals surface area contributed by atoms with Crippen molar-refractivity contribution >= 4 is 27.3 Å². The van der Waals surface area contributed by atoms with Gasteiger partial charge in [0.05, 0.1) is 10.6 Å². The number of aromatic hydroxyl groups is 1. The highest BCUT2D eigenvalue weighted by atomic mass is 79.9. The number of phenols is 1. The highest BCUT2D eigenvalue weighted by Crippen LogP contribution is 2.27. The van der Waals surface area contributed by atoms with Gasteiger partial charge in [0, 0.05) is 23.2 Å². The predicted molar refractivity (Wildman–Crippen MR) is 76.2 cm³/mol. The second-order valence-corrected chi connectivity index (χ2v) is 4.80. The van der Waals surface area contributed by atoms with Crippen molar-refractivity contribution in [1.82, 2.24) is 0 Å². The van der Waals surface area contributed by atoms with Crippen LogP contribution < -0.4 is 5.32 Å². The van der Waals surface area contributed by atoms with E-state index in [1.54, 1.807) is 24.3 Å². The topological polar surface area (TPSA) is 75.4 Å². The molecule has 5 nitrogen and oxygen atoms in total. The summed E-state index contributed by atoms with van der Waals surface area (Å²) in [4.78, 5) is 10.3. The molecule has 6 heteroatoms. The Morgan fingerprint density at radius 3 is 2.74 bits per heavy atom. The Morgan fingerprint density at radius 2 is 2.05 bits per heavy atom. The Kier molecular flexibility index (Phi) is 4.01. The molecule has 0 unspecified atom stereocenters. The number of phenolic OH excluding ortho intramolecular Hbond substituents is 1. The first-order valence-corrected chi connectivity index (χ1v) is 6.31. The molecule has 0 aliphatic heterocycles. The van der Waals surface area contributed by atoms with Crippen LogP contribution in [0.1, 0.15) is 5.56 Å². The molecule has 0 radical (unpaired) electrons. The molecule has 2 N–H and O–H groups in total. The summed E-state index contributed by atoms with van der Waals surface area (Å²) < 4.78 is 0.748. The van der Waals surface area contributed by atoms with Crippen LogP contribution >= 0.6 is 15.9 Å². The first kappa shape index (κ1) is 13.4. The number of nitro benzene ring substituents is 1. The number of nitrogens with zero attached hydrogens (tertiary/aromatic N) is 1. The van der Waals surface area contributed by atoms with E-state index in [4.69, 9.17) is 0 Å². The summed E-state index contributed by atoms with van der Waals surface area (Å²) in [5.74, 6) is 0.192. The highest BCUT2D eigenvalue weighted by Gasteiger charge is 2.09. The molecule has 0 aliphatic carbocycles. The van der Waals surface area contributed by atoms with Crippen LogP contribution in [0.3, 0.4) is 0 Å². The van der Waals surface area contributed by atoms with Crippen molar-refractivity contribution in [1.29, 1.82) is 0 Å². The van der Waals surface area contributed by atoms with E-state index >= 15 is 0 Å². The van der Waals surface area contributed by atoms with Crippen molar-refractivity contribution in [3.8, 4) is 5.75 Å². The van der Waals surface area contributed by atoms with Crippen LogP contribution in [-0.4, -0.2) is 10.0 Å². The third-order valence-corrected chi connectivity index (χ3v) is 3.25. The van der Waals surface area contributed by atoms with Crippen molar-refractivity contribution in [2.45, 2.75) is 6.54 Å². The summed E-state index contributed by atoms with van der Waals surface area (Å²) in [6.45, 7) is 0.466. The number of non-ortho nitro benzene ring substituents is 1. The molecule has 98 valence electrons. The van der Waals surface area contributed by atoms with Crippen LogP contribution in [-0.2, 0) is 6.54 Å². The number of benzene rings is 2. The zero-order chi connectivity index (χ0) is 13.8. The molecule has 0 aliphatic rings. The smallest absolute Gasteiger partial charge is 0.271 e. The first-order chi connectivity index (χ1) is 9.06. The highest BCUT2D eigenvalue weighted by molar-refractivity contribution is 9.10. The van der Waals surface area contributed by atoms with Gasteiger partial charge in [0.2, 0.25) is 0 Å². The standard InChI is InChI=1S/C13H11BrN2O3/c14-12-5-4-10(16(18)19)7-13(12)15-8-9-2-1-3-11(17)6-9/h1-7,15,17H,8H2. The van der Waals surface area contributed by atoms with E-state index in [2.05, 4.69) is 21.2 Å². The number of rotatable bonds is 4. The lowest BCUT2D eigenvalue weighted by molar-refractivity contribution is -0.384. The van der Waals surface area contributed by atoms with Gasteiger partial charge < -0.3 is 10.4 Å². The van der Waals surface area contributed by atoms with Gasteiger partial charge in [-0.3, -0.25) is 10.1 Å². The fourth-order valence-corrected chi connectivity index (χ4v) is 2.01. The van der Waals surface area contributed by atoms with Crippen molar-refractivity contribution < 1.29 is 10.0 Å². The molecule has 0 saturated heterocycles. The minimum Gasteiger partial charge on any atom is -0.508 e. The van der Waals surface area contributed by atoms with E-state index in [0.29, 0.717) is 12.2 Å². The lowest BCUT2D eigenvalue weighted by Crippen LogP contribution is -2.00. The van der Waals surface area contributed by atoms with Gasteiger partial charge in [-0.1, -0.05) is 12.1 Å². The number of anilines is 1. The van der Waals surface area contributed by atoms with Crippen molar-refractivity contribution in [3.63, 3.8) is 0 Å². The van der Waals surface area contributed by atoms with Crippen LogP contribution in [0.15, 0.2) is 46.9 Å². The molecule has 0 saturated carbocycles. The van der Waals surface area contributed by atoms with Gasteiger partial charge in [-0.2, -0.15) is 0 Å². The van der Waals surface area contributed by atoms with Crippen molar-refractivity contribution in [2.24, 2.45) is 0 Å². The molecular formula is C13H11BrN2O3. The Balaban J connectivity index is 2.15. The summed E-state index contributed by atoms with van der Waals surface area (Å²) in [6.07, 6.45) is 0. The second kappa shape index (κ2) is 5.71. The number of hydrogen-bond acceptors (Lipinski definition) is 4. The number of hydrogen-bond donors (Lipinski definition) is 2. The zero-order valence-corrected chi connectivity index (χ0v) is 11.4. The Morgan fingerprint density at radius 1 is 1.26 bits per heavy atom. The van der Waals surface area contributed by atoms with Crippen LogP contribution in [0.5, 0.6) is 5.75 Å². The maximum atomic E-state index is 10.7. The maximum absolute atomic E-state index is 10.7. The van der Waals surface area contributed by atoms with Gasteiger partial charge in [-0.05, 0) is 39.7 Å². The molecule has 2 aromatic rings. The van der Waals surface area contributed by atoms with Crippen LogP contribution in [0.25, 0.3) is 0 Å². The Bertz CT molecular complexity index is 617. The molecule has 0 fully saturated rings. The lowest BCUT2D eigenvalue weighted by Gasteiger charge is -2.08. The predicted octanol–water partition coefficient (Wildman–Crippen LogP) is 3.68. The summed E-state index contributed by atoms with van der Waals surface area (Å²) in [7, 11) is 0. The molecule has 0 bridgehead atoms. The minimum atomic E-state index is -0.439. The fraction of sp³-hybridized carbons (Fsp3) is 0.0769. The van der Waals surface area contributed by atoms with Gasteiger partial charge in [0.1, 0.15) is 5.75 Å². The van der Waals surface area contributed by atoms with Crippen LogP contribution in [0.2, 0.25) is 0 Å². The lowest BCUT2D eigenvalue weighted by atomic mass is 10.2. The number of halogens is 1. The SMILES string of the molecule is O=[N+]([O-])c1ccc(Br)c(NCc2cccc(O)c2)c1. The Hall–Kier alpha value is -2.08. The molecule has 0 heterocycles. The molecule has 19 heavy (non-hydrogen) atoms. The van der Waals surface area contributed by atoms with Crippen LogP contribution in [0, 0.1) is 10.1 Å². The van der Waals surface area contributed by atoms with Crippen molar-refractivity contribution in [2.75, 3.05) is 5.32 Å². The number of nitro groups is 1. The molecular weight excluding hydrogens is 312 g/mol. The third-order valence-electron chi connectivity index (χ3n) is 2.55.